The maximum Gasteiger partial charge on any atom is 0.433 e. The summed E-state index contributed by atoms with van der Waals surface area (Å²) in [5.74, 6) is -0.860. The van der Waals surface area contributed by atoms with Gasteiger partial charge in [0.1, 0.15) is 11.5 Å². The molecule has 0 aliphatic rings. The number of alkyl halides is 3. The second-order valence-electron chi connectivity index (χ2n) is 7.28. The van der Waals surface area contributed by atoms with Gasteiger partial charge in [0.15, 0.2) is 0 Å². The highest BCUT2D eigenvalue weighted by atomic mass is 19.4. The van der Waals surface area contributed by atoms with Crippen molar-refractivity contribution in [1.82, 2.24) is 24.7 Å². The molecule has 34 heavy (non-hydrogen) atoms. The van der Waals surface area contributed by atoms with Crippen molar-refractivity contribution in [2.75, 3.05) is 10.6 Å². The first-order valence-corrected chi connectivity index (χ1v) is 9.87. The quantitative estimate of drug-likeness (QED) is 0.406. The van der Waals surface area contributed by atoms with Crippen LogP contribution in [0.5, 0.6) is 0 Å². The monoisotopic (exact) mass is 471 g/mol. The number of pyridine rings is 1. The molecule has 0 bridgehead atoms. The number of benzene rings is 1. The van der Waals surface area contributed by atoms with Crippen LogP contribution in [0.1, 0.15) is 11.3 Å². The predicted molar refractivity (Wildman–Crippen MR) is 115 cm³/mol. The summed E-state index contributed by atoms with van der Waals surface area (Å²) < 4.78 is 54.0. The van der Waals surface area contributed by atoms with Crippen LogP contribution >= 0.6 is 0 Å². The van der Waals surface area contributed by atoms with Crippen molar-refractivity contribution < 1.29 is 22.4 Å². The number of hydrogen-bond donors (Lipinski definition) is 2. The van der Waals surface area contributed by atoms with Crippen LogP contribution in [0, 0.1) is 5.82 Å². The number of hydrogen-bond acceptors (Lipinski definition) is 6. The van der Waals surface area contributed by atoms with Gasteiger partial charge in [0, 0.05) is 31.2 Å². The Hall–Kier alpha value is -4.35. The molecular formula is C22H17F4N7O. The van der Waals surface area contributed by atoms with E-state index in [0.717, 1.165) is 24.0 Å². The maximum absolute atomic E-state index is 14.6. The SMILES string of the molecule is Cn1cc(Nc2ncc(-c3ccc(CC(=O)Nc4ccc(C(F)(F)F)nc4)c(F)c3)cn2)cn1. The molecule has 0 aliphatic heterocycles. The minimum atomic E-state index is -4.57. The van der Waals surface area contributed by atoms with Crippen molar-refractivity contribution in [3.8, 4) is 11.1 Å². The van der Waals surface area contributed by atoms with Crippen molar-refractivity contribution in [1.29, 1.82) is 0 Å². The van der Waals surface area contributed by atoms with Crippen LogP contribution in [-0.2, 0) is 24.4 Å². The molecule has 3 aromatic heterocycles. The molecule has 0 saturated heterocycles. The highest BCUT2D eigenvalue weighted by Gasteiger charge is 2.32. The van der Waals surface area contributed by atoms with Crippen molar-refractivity contribution in [2.45, 2.75) is 12.6 Å². The number of carbonyl (C=O) groups is 1. The van der Waals surface area contributed by atoms with E-state index in [9.17, 15) is 22.4 Å². The van der Waals surface area contributed by atoms with Gasteiger partial charge in [-0.1, -0.05) is 12.1 Å². The van der Waals surface area contributed by atoms with E-state index in [1.807, 2.05) is 0 Å². The standard InChI is InChI=1S/C22H17F4N7O/c1-33-12-17(11-30-33)32-21-28-8-15(9-29-21)13-2-3-14(18(23)6-13)7-20(34)31-16-4-5-19(27-10-16)22(24,25)26/h2-6,8-12H,7H2,1H3,(H,31,34)(H,28,29,32). The molecule has 4 rings (SSSR count). The lowest BCUT2D eigenvalue weighted by Gasteiger charge is -2.09. The first-order chi connectivity index (χ1) is 16.2. The van der Waals surface area contributed by atoms with Gasteiger partial charge in [-0.05, 0) is 29.3 Å². The molecule has 0 saturated carbocycles. The Balaban J connectivity index is 1.39. The molecule has 3 heterocycles. The van der Waals surface area contributed by atoms with Crippen LogP contribution in [0.3, 0.4) is 0 Å². The summed E-state index contributed by atoms with van der Waals surface area (Å²) in [4.78, 5) is 23.9. The topological polar surface area (TPSA) is 97.6 Å². The summed E-state index contributed by atoms with van der Waals surface area (Å²) in [5.41, 5.74) is 0.932. The molecule has 0 spiro atoms. The smallest absolute Gasteiger partial charge is 0.324 e. The van der Waals surface area contributed by atoms with Crippen LogP contribution in [-0.4, -0.2) is 30.6 Å². The lowest BCUT2D eigenvalue weighted by molar-refractivity contribution is -0.141. The zero-order chi connectivity index (χ0) is 24.3. The van der Waals surface area contributed by atoms with Gasteiger partial charge in [0.2, 0.25) is 11.9 Å². The summed E-state index contributed by atoms with van der Waals surface area (Å²) in [6.45, 7) is 0. The third kappa shape index (κ3) is 5.52. The van der Waals surface area contributed by atoms with Gasteiger partial charge in [-0.25, -0.2) is 19.3 Å². The number of amides is 1. The van der Waals surface area contributed by atoms with Crippen molar-refractivity contribution in [3.05, 3.63) is 78.4 Å². The number of aromatic nitrogens is 5. The summed E-state index contributed by atoms with van der Waals surface area (Å²) >= 11 is 0. The average Bonchev–Trinajstić information content (AvgIpc) is 3.20. The number of halogens is 4. The first-order valence-electron chi connectivity index (χ1n) is 9.87. The van der Waals surface area contributed by atoms with Crippen molar-refractivity contribution in [2.24, 2.45) is 7.05 Å². The number of carbonyl (C=O) groups excluding carboxylic acids is 1. The number of nitrogens with zero attached hydrogens (tertiary/aromatic N) is 5. The second kappa shape index (κ2) is 9.25. The lowest BCUT2D eigenvalue weighted by atomic mass is 10.0. The summed E-state index contributed by atoms with van der Waals surface area (Å²) in [5, 5.41) is 9.43. The fraction of sp³-hybridized carbons (Fsp3) is 0.136. The molecule has 12 heteroatoms. The number of rotatable bonds is 6. The molecular weight excluding hydrogens is 454 g/mol. The van der Waals surface area contributed by atoms with E-state index in [1.54, 1.807) is 30.2 Å². The van der Waals surface area contributed by atoms with Crippen molar-refractivity contribution >= 4 is 23.2 Å². The Kier molecular flexibility index (Phi) is 6.21. The molecule has 2 N–H and O–H groups in total. The third-order valence-electron chi connectivity index (χ3n) is 4.69. The molecule has 0 fully saturated rings. The van der Waals surface area contributed by atoms with E-state index in [1.165, 1.54) is 24.5 Å². The largest absolute Gasteiger partial charge is 0.433 e. The van der Waals surface area contributed by atoms with Crippen LogP contribution in [0.4, 0.5) is 34.9 Å². The van der Waals surface area contributed by atoms with E-state index in [0.29, 0.717) is 17.1 Å². The summed E-state index contributed by atoms with van der Waals surface area (Å²) in [6, 6.07) is 6.18. The summed E-state index contributed by atoms with van der Waals surface area (Å²) in [7, 11) is 1.78. The Morgan fingerprint density at radius 3 is 2.32 bits per heavy atom. The molecule has 8 nitrogen and oxygen atoms in total. The molecule has 0 radical (unpaired) electrons. The fourth-order valence-electron chi connectivity index (χ4n) is 3.04. The number of aryl methyl sites for hydroxylation is 1. The van der Waals surface area contributed by atoms with Gasteiger partial charge >= 0.3 is 6.18 Å². The van der Waals surface area contributed by atoms with Gasteiger partial charge < -0.3 is 10.6 Å². The molecule has 0 atom stereocenters. The number of anilines is 3. The van der Waals surface area contributed by atoms with Crippen LogP contribution in [0.2, 0.25) is 0 Å². The zero-order valence-corrected chi connectivity index (χ0v) is 17.6. The van der Waals surface area contributed by atoms with Gasteiger partial charge in [0.05, 0.1) is 30.2 Å². The molecule has 1 amide bonds. The van der Waals surface area contributed by atoms with E-state index < -0.39 is 23.6 Å². The normalized spacial score (nSPS) is 11.3. The highest BCUT2D eigenvalue weighted by Crippen LogP contribution is 2.28. The second-order valence-corrected chi connectivity index (χ2v) is 7.28. The molecule has 1 aromatic carbocycles. The Morgan fingerprint density at radius 2 is 1.74 bits per heavy atom. The minimum absolute atomic E-state index is 0.0761. The van der Waals surface area contributed by atoms with Gasteiger partial charge in [-0.3, -0.25) is 9.48 Å². The van der Waals surface area contributed by atoms with Gasteiger partial charge in [-0.2, -0.15) is 18.3 Å². The van der Waals surface area contributed by atoms with E-state index in [4.69, 9.17) is 0 Å². The van der Waals surface area contributed by atoms with Crippen LogP contribution < -0.4 is 10.6 Å². The first kappa shape index (κ1) is 22.8. The third-order valence-corrected chi connectivity index (χ3v) is 4.69. The lowest BCUT2D eigenvalue weighted by Crippen LogP contribution is -2.16. The predicted octanol–water partition coefficient (Wildman–Crippen LogP) is 4.35. The molecule has 174 valence electrons. The Labute approximate surface area is 190 Å². The molecule has 0 aliphatic carbocycles. The van der Waals surface area contributed by atoms with Gasteiger partial charge in [0.25, 0.3) is 0 Å². The highest BCUT2D eigenvalue weighted by molar-refractivity contribution is 5.92. The Bertz CT molecular complexity index is 1300. The summed E-state index contributed by atoms with van der Waals surface area (Å²) in [6.07, 6.45) is 2.46. The van der Waals surface area contributed by atoms with Crippen LogP contribution in [0.25, 0.3) is 11.1 Å². The Morgan fingerprint density at radius 1 is 0.971 bits per heavy atom. The van der Waals surface area contributed by atoms with Crippen molar-refractivity contribution in [3.63, 3.8) is 0 Å². The molecule has 4 aromatic rings. The molecule has 0 unspecified atom stereocenters. The van der Waals surface area contributed by atoms with E-state index in [-0.39, 0.29) is 17.7 Å². The number of nitrogens with one attached hydrogen (secondary N) is 2. The fourth-order valence-corrected chi connectivity index (χ4v) is 3.04. The average molecular weight is 471 g/mol. The minimum Gasteiger partial charge on any atom is -0.324 e. The van der Waals surface area contributed by atoms with E-state index in [2.05, 4.69) is 30.7 Å². The zero-order valence-electron chi connectivity index (χ0n) is 17.6. The maximum atomic E-state index is 14.6. The van der Waals surface area contributed by atoms with Gasteiger partial charge in [-0.15, -0.1) is 0 Å². The van der Waals surface area contributed by atoms with E-state index >= 15 is 0 Å². The van der Waals surface area contributed by atoms with Crippen LogP contribution in [0.15, 0.2) is 61.3 Å².